The molecule has 0 unspecified atom stereocenters. The van der Waals surface area contributed by atoms with E-state index in [0.29, 0.717) is 25.4 Å². The molecule has 0 aliphatic rings. The third-order valence-electron chi connectivity index (χ3n) is 2.92. The summed E-state index contributed by atoms with van der Waals surface area (Å²) in [7, 11) is -0.683. The van der Waals surface area contributed by atoms with E-state index in [-0.39, 0.29) is 16.6 Å². The molecule has 0 heterocycles. The number of ether oxygens (including phenoxy) is 2. The molecule has 1 aromatic rings. The van der Waals surface area contributed by atoms with Crippen molar-refractivity contribution in [2.75, 3.05) is 39.6 Å². The van der Waals surface area contributed by atoms with Crippen molar-refractivity contribution < 1.29 is 17.9 Å². The SMILES string of the molecule is COCCN(CC(C)C)S(=O)(=O)c1ccc(N)cc1OC. The van der Waals surface area contributed by atoms with Gasteiger partial charge in [0.05, 0.1) is 13.7 Å². The van der Waals surface area contributed by atoms with E-state index in [0.717, 1.165) is 0 Å². The number of anilines is 1. The molecule has 6 nitrogen and oxygen atoms in total. The second-order valence-electron chi connectivity index (χ2n) is 5.16. The van der Waals surface area contributed by atoms with Crippen molar-refractivity contribution in [1.29, 1.82) is 0 Å². The Morgan fingerprint density at radius 3 is 2.48 bits per heavy atom. The lowest BCUT2D eigenvalue weighted by Gasteiger charge is -2.24. The van der Waals surface area contributed by atoms with Crippen LogP contribution in [0, 0.1) is 5.92 Å². The van der Waals surface area contributed by atoms with Crippen molar-refractivity contribution in [2.24, 2.45) is 5.92 Å². The van der Waals surface area contributed by atoms with Crippen LogP contribution in [0.1, 0.15) is 13.8 Å². The fourth-order valence-electron chi connectivity index (χ4n) is 1.95. The van der Waals surface area contributed by atoms with Crippen molar-refractivity contribution in [3.05, 3.63) is 18.2 Å². The minimum atomic E-state index is -3.66. The zero-order chi connectivity index (χ0) is 16.0. The Morgan fingerprint density at radius 1 is 1.29 bits per heavy atom. The standard InChI is InChI=1S/C14H24N2O4S/c1-11(2)10-16(7-8-19-3)21(17,18)14-6-5-12(15)9-13(14)20-4/h5-6,9,11H,7-8,10,15H2,1-4H3. The molecule has 0 aliphatic carbocycles. The number of hydrogen-bond donors (Lipinski definition) is 1. The summed E-state index contributed by atoms with van der Waals surface area (Å²) in [4.78, 5) is 0.121. The van der Waals surface area contributed by atoms with Crippen molar-refractivity contribution >= 4 is 15.7 Å². The maximum atomic E-state index is 12.8. The number of sulfonamides is 1. The van der Waals surface area contributed by atoms with Crippen LogP contribution in [-0.4, -0.2) is 46.6 Å². The van der Waals surface area contributed by atoms with E-state index in [2.05, 4.69) is 0 Å². The summed E-state index contributed by atoms with van der Waals surface area (Å²) < 4.78 is 37.2. The Morgan fingerprint density at radius 2 is 1.95 bits per heavy atom. The average Bonchev–Trinajstić information content (AvgIpc) is 2.42. The molecule has 0 aromatic heterocycles. The van der Waals surface area contributed by atoms with Gasteiger partial charge in [-0.1, -0.05) is 13.8 Å². The summed E-state index contributed by atoms with van der Waals surface area (Å²) in [6.45, 7) is 4.98. The lowest BCUT2D eigenvalue weighted by Crippen LogP contribution is -2.36. The molecule has 0 spiro atoms. The van der Waals surface area contributed by atoms with Crippen molar-refractivity contribution in [1.82, 2.24) is 4.31 Å². The molecule has 0 radical (unpaired) electrons. The van der Waals surface area contributed by atoms with E-state index < -0.39 is 10.0 Å². The van der Waals surface area contributed by atoms with E-state index in [1.54, 1.807) is 13.2 Å². The first-order chi connectivity index (χ1) is 9.82. The number of hydrogen-bond acceptors (Lipinski definition) is 5. The van der Waals surface area contributed by atoms with E-state index in [1.165, 1.54) is 23.5 Å². The summed E-state index contributed by atoms with van der Waals surface area (Å²) in [5.41, 5.74) is 6.13. The molecule has 2 N–H and O–H groups in total. The molecule has 0 fully saturated rings. The van der Waals surface area contributed by atoms with Crippen molar-refractivity contribution in [3.8, 4) is 5.75 Å². The highest BCUT2D eigenvalue weighted by atomic mass is 32.2. The second-order valence-corrected chi connectivity index (χ2v) is 7.07. The number of benzene rings is 1. The van der Waals surface area contributed by atoms with Gasteiger partial charge >= 0.3 is 0 Å². The Kier molecular flexibility index (Phi) is 6.44. The number of nitrogen functional groups attached to an aromatic ring is 1. The summed E-state index contributed by atoms with van der Waals surface area (Å²) in [5, 5.41) is 0. The number of nitrogens with two attached hydrogens (primary N) is 1. The molecule has 1 rings (SSSR count). The highest BCUT2D eigenvalue weighted by Crippen LogP contribution is 2.29. The van der Waals surface area contributed by atoms with Gasteiger partial charge in [-0.3, -0.25) is 0 Å². The quantitative estimate of drug-likeness (QED) is 0.736. The van der Waals surface area contributed by atoms with Gasteiger partial charge < -0.3 is 15.2 Å². The molecule has 7 heteroatoms. The highest BCUT2D eigenvalue weighted by Gasteiger charge is 2.28. The van der Waals surface area contributed by atoms with Crippen LogP contribution < -0.4 is 10.5 Å². The van der Waals surface area contributed by atoms with Crippen molar-refractivity contribution in [2.45, 2.75) is 18.7 Å². The van der Waals surface area contributed by atoms with Crippen LogP contribution in [0.4, 0.5) is 5.69 Å². The maximum absolute atomic E-state index is 12.8. The van der Waals surface area contributed by atoms with Crippen LogP contribution in [0.25, 0.3) is 0 Å². The predicted octanol–water partition coefficient (Wildman–Crippen LogP) is 1.57. The van der Waals surface area contributed by atoms with Gasteiger partial charge in [0, 0.05) is 32.0 Å². The van der Waals surface area contributed by atoms with Crippen LogP contribution in [0.5, 0.6) is 5.75 Å². The molecule has 1 aromatic carbocycles. The Balaban J connectivity index is 3.21. The first-order valence-corrected chi connectivity index (χ1v) is 8.19. The van der Waals surface area contributed by atoms with E-state index in [4.69, 9.17) is 15.2 Å². The van der Waals surface area contributed by atoms with Crippen LogP contribution in [0.15, 0.2) is 23.1 Å². The third kappa shape index (κ3) is 4.59. The highest BCUT2D eigenvalue weighted by molar-refractivity contribution is 7.89. The zero-order valence-corrected chi connectivity index (χ0v) is 13.8. The van der Waals surface area contributed by atoms with Crippen LogP contribution in [0.3, 0.4) is 0 Å². The topological polar surface area (TPSA) is 81.9 Å². The predicted molar refractivity (Wildman–Crippen MR) is 82.9 cm³/mol. The Hall–Kier alpha value is -1.31. The molecule has 0 saturated heterocycles. The average molecular weight is 316 g/mol. The van der Waals surface area contributed by atoms with E-state index in [1.807, 2.05) is 13.8 Å². The first kappa shape index (κ1) is 17.7. The molecule has 0 atom stereocenters. The molecular weight excluding hydrogens is 292 g/mol. The zero-order valence-electron chi connectivity index (χ0n) is 13.0. The number of nitrogens with zero attached hydrogens (tertiary/aromatic N) is 1. The Bertz CT molecular complexity index is 558. The van der Waals surface area contributed by atoms with Crippen LogP contribution in [-0.2, 0) is 14.8 Å². The first-order valence-electron chi connectivity index (χ1n) is 6.75. The second kappa shape index (κ2) is 7.63. The van der Waals surface area contributed by atoms with Gasteiger partial charge in [-0.2, -0.15) is 4.31 Å². The molecule has 21 heavy (non-hydrogen) atoms. The normalized spacial score (nSPS) is 12.1. The fourth-order valence-corrected chi connectivity index (χ4v) is 3.67. The lowest BCUT2D eigenvalue weighted by molar-refractivity contribution is 0.175. The fraction of sp³-hybridized carbons (Fsp3) is 0.571. The van der Waals surface area contributed by atoms with Crippen LogP contribution >= 0.6 is 0 Å². The number of methoxy groups -OCH3 is 2. The molecule has 0 bridgehead atoms. The van der Waals surface area contributed by atoms with Gasteiger partial charge in [0.25, 0.3) is 0 Å². The summed E-state index contributed by atoms with van der Waals surface area (Å²) in [6.07, 6.45) is 0. The summed E-state index contributed by atoms with van der Waals surface area (Å²) in [5.74, 6) is 0.456. The monoisotopic (exact) mass is 316 g/mol. The van der Waals surface area contributed by atoms with E-state index in [9.17, 15) is 8.42 Å². The number of rotatable bonds is 8. The van der Waals surface area contributed by atoms with Gasteiger partial charge in [-0.25, -0.2) is 8.42 Å². The maximum Gasteiger partial charge on any atom is 0.246 e. The van der Waals surface area contributed by atoms with Crippen LogP contribution in [0.2, 0.25) is 0 Å². The third-order valence-corrected chi connectivity index (χ3v) is 4.82. The summed E-state index contributed by atoms with van der Waals surface area (Å²) in [6, 6.07) is 4.54. The molecule has 0 aliphatic heterocycles. The molecular formula is C14H24N2O4S. The summed E-state index contributed by atoms with van der Waals surface area (Å²) >= 11 is 0. The Labute approximate surface area is 126 Å². The molecule has 120 valence electrons. The molecule has 0 amide bonds. The minimum Gasteiger partial charge on any atom is -0.495 e. The minimum absolute atomic E-state index is 0.121. The van der Waals surface area contributed by atoms with Gasteiger partial charge in [-0.05, 0) is 18.1 Å². The van der Waals surface area contributed by atoms with E-state index >= 15 is 0 Å². The van der Waals surface area contributed by atoms with Gasteiger partial charge in [0.2, 0.25) is 10.0 Å². The van der Waals surface area contributed by atoms with Gasteiger partial charge in [0.15, 0.2) is 0 Å². The largest absolute Gasteiger partial charge is 0.495 e. The van der Waals surface area contributed by atoms with Crippen molar-refractivity contribution in [3.63, 3.8) is 0 Å². The smallest absolute Gasteiger partial charge is 0.246 e. The lowest BCUT2D eigenvalue weighted by atomic mass is 10.2. The molecule has 0 saturated carbocycles. The van der Waals surface area contributed by atoms with Gasteiger partial charge in [-0.15, -0.1) is 0 Å². The van der Waals surface area contributed by atoms with Gasteiger partial charge in [0.1, 0.15) is 10.6 Å².